The highest BCUT2D eigenvalue weighted by Gasteiger charge is 2.67. The minimum absolute atomic E-state index is 0.862. The van der Waals surface area contributed by atoms with Crippen molar-refractivity contribution in [3.63, 3.8) is 0 Å². The van der Waals surface area contributed by atoms with Crippen LogP contribution in [0.25, 0.3) is 0 Å². The van der Waals surface area contributed by atoms with Gasteiger partial charge in [0.2, 0.25) is 0 Å². The van der Waals surface area contributed by atoms with Gasteiger partial charge in [-0.1, -0.05) is 42.0 Å². The molecule has 0 saturated heterocycles. The van der Waals surface area contributed by atoms with Gasteiger partial charge in [-0.15, -0.1) is 0 Å². The van der Waals surface area contributed by atoms with Crippen LogP contribution in [-0.4, -0.2) is 0 Å². The van der Waals surface area contributed by atoms with Crippen molar-refractivity contribution in [3.05, 3.63) is 47.5 Å². The molecule has 0 heteroatoms. The van der Waals surface area contributed by atoms with E-state index < -0.39 is 0 Å². The monoisotopic (exact) mass is 302 g/mol. The van der Waals surface area contributed by atoms with Crippen molar-refractivity contribution in [1.29, 1.82) is 0 Å². The van der Waals surface area contributed by atoms with Crippen LogP contribution in [0.15, 0.2) is 42.0 Å². The van der Waals surface area contributed by atoms with Gasteiger partial charge in [0.25, 0.3) is 0 Å². The molecule has 5 fully saturated rings. The van der Waals surface area contributed by atoms with Crippen molar-refractivity contribution in [3.8, 4) is 0 Å². The molecule has 0 aromatic heterocycles. The predicted octanol–water partition coefficient (Wildman–Crippen LogP) is 5.27. The van der Waals surface area contributed by atoms with E-state index in [9.17, 15) is 0 Å². The number of fused-ring (bicyclic) bond motifs is 6. The fraction of sp³-hybridized carbons (Fsp3) is 0.652. The summed E-state index contributed by atoms with van der Waals surface area (Å²) in [7, 11) is 0. The fourth-order valence-electron chi connectivity index (χ4n) is 9.07. The summed E-state index contributed by atoms with van der Waals surface area (Å²) in [6.45, 7) is 0. The summed E-state index contributed by atoms with van der Waals surface area (Å²) in [5.74, 6) is 10.4. The van der Waals surface area contributed by atoms with Crippen LogP contribution in [0.1, 0.15) is 43.6 Å². The van der Waals surface area contributed by atoms with E-state index in [0.29, 0.717) is 0 Å². The molecule has 10 unspecified atom stereocenters. The van der Waals surface area contributed by atoms with Gasteiger partial charge in [-0.05, 0) is 96.8 Å². The summed E-state index contributed by atoms with van der Waals surface area (Å²) < 4.78 is 0. The molecule has 23 heavy (non-hydrogen) atoms. The van der Waals surface area contributed by atoms with Gasteiger partial charge in [-0.3, -0.25) is 0 Å². The summed E-state index contributed by atoms with van der Waals surface area (Å²) in [5, 5.41) is 0. The van der Waals surface area contributed by atoms with Gasteiger partial charge < -0.3 is 0 Å². The third kappa shape index (κ3) is 1.34. The number of hydrogen-bond acceptors (Lipinski definition) is 0. The second-order valence-corrected chi connectivity index (χ2v) is 9.77. The van der Waals surface area contributed by atoms with Crippen molar-refractivity contribution in [2.75, 3.05) is 0 Å². The Labute approximate surface area is 139 Å². The molecule has 0 amide bonds. The van der Waals surface area contributed by atoms with E-state index in [4.69, 9.17) is 0 Å². The molecule has 0 N–H and O–H groups in total. The van der Waals surface area contributed by atoms with Crippen LogP contribution in [-0.2, 0) is 0 Å². The molecule has 7 rings (SSSR count). The van der Waals surface area contributed by atoms with Gasteiger partial charge in [0.1, 0.15) is 0 Å². The average Bonchev–Trinajstić information content (AvgIpc) is 3.30. The van der Waals surface area contributed by atoms with Crippen LogP contribution in [0.5, 0.6) is 0 Å². The first-order valence-electron chi connectivity index (χ1n) is 10.1. The number of rotatable bonds is 1. The average molecular weight is 302 g/mol. The summed E-state index contributed by atoms with van der Waals surface area (Å²) in [5.41, 5.74) is 3.65. The van der Waals surface area contributed by atoms with E-state index in [2.05, 4.69) is 36.4 Å². The molecule has 0 heterocycles. The SMILES string of the molecule is C1=C2C3CC1C1C4CC(CC5CC(c6ccccc6)C(C5)C24)C31. The zero-order valence-electron chi connectivity index (χ0n) is 13.8. The lowest BCUT2D eigenvalue weighted by Gasteiger charge is -2.46. The molecule has 0 radical (unpaired) electrons. The van der Waals surface area contributed by atoms with E-state index in [1.807, 2.05) is 5.57 Å². The third-order valence-electron chi connectivity index (χ3n) is 9.26. The van der Waals surface area contributed by atoms with Gasteiger partial charge >= 0.3 is 0 Å². The van der Waals surface area contributed by atoms with E-state index in [1.165, 1.54) is 6.42 Å². The first-order valence-corrected chi connectivity index (χ1v) is 10.1. The van der Waals surface area contributed by atoms with Gasteiger partial charge in [0, 0.05) is 0 Å². The lowest BCUT2D eigenvalue weighted by Crippen LogP contribution is -2.40. The lowest BCUT2D eigenvalue weighted by atomic mass is 9.58. The minimum atomic E-state index is 0.862. The first-order chi connectivity index (χ1) is 11.4. The lowest BCUT2D eigenvalue weighted by molar-refractivity contribution is 0.123. The molecule has 118 valence electrons. The number of hydrogen-bond donors (Lipinski definition) is 0. The summed E-state index contributed by atoms with van der Waals surface area (Å²) >= 11 is 0. The topological polar surface area (TPSA) is 0 Å². The zero-order chi connectivity index (χ0) is 14.7. The summed E-state index contributed by atoms with van der Waals surface area (Å²) in [6, 6.07) is 11.6. The van der Waals surface area contributed by atoms with Gasteiger partial charge in [-0.2, -0.15) is 0 Å². The Morgan fingerprint density at radius 1 is 0.739 bits per heavy atom. The van der Waals surface area contributed by atoms with Crippen LogP contribution >= 0.6 is 0 Å². The molecule has 1 aromatic rings. The molecule has 6 aliphatic carbocycles. The molecule has 1 aromatic carbocycles. The Bertz CT molecular complexity index is 700. The summed E-state index contributed by atoms with van der Waals surface area (Å²) in [4.78, 5) is 0. The van der Waals surface area contributed by atoms with Gasteiger partial charge in [-0.25, -0.2) is 0 Å². The standard InChI is InChI=1S/C23H26/c1-2-4-13(5-3-1)16-7-12-6-14-11-20-22-15-9-18(21(14)22)19(10-15)23(20)17(16)8-12/h1-5,10,12,14-18,20-23H,6-9,11H2. The fourth-order valence-corrected chi connectivity index (χ4v) is 9.07. The molecule has 5 saturated carbocycles. The second-order valence-electron chi connectivity index (χ2n) is 9.77. The van der Waals surface area contributed by atoms with E-state index in [-0.39, 0.29) is 0 Å². The number of benzene rings is 1. The van der Waals surface area contributed by atoms with Crippen molar-refractivity contribution >= 4 is 0 Å². The molecule has 0 aliphatic heterocycles. The first kappa shape index (κ1) is 12.3. The molecule has 8 bridgehead atoms. The predicted molar refractivity (Wildman–Crippen MR) is 91.8 cm³/mol. The van der Waals surface area contributed by atoms with Crippen LogP contribution in [0, 0.1) is 53.3 Å². The van der Waals surface area contributed by atoms with Gasteiger partial charge in [0.05, 0.1) is 0 Å². The third-order valence-corrected chi connectivity index (χ3v) is 9.26. The Balaban J connectivity index is 1.39. The normalized spacial score (nSPS) is 57.0. The molecule has 0 nitrogen and oxygen atoms in total. The maximum atomic E-state index is 2.80. The Morgan fingerprint density at radius 3 is 2.57 bits per heavy atom. The van der Waals surface area contributed by atoms with E-state index in [1.54, 1.807) is 31.2 Å². The Morgan fingerprint density at radius 2 is 1.65 bits per heavy atom. The largest absolute Gasteiger partial charge is 0.0813 e. The highest BCUT2D eigenvalue weighted by molar-refractivity contribution is 5.37. The van der Waals surface area contributed by atoms with Crippen LogP contribution in [0.3, 0.4) is 0 Å². The second kappa shape index (κ2) is 3.95. The smallest absolute Gasteiger partial charge is 0.0125 e. The molecule has 10 atom stereocenters. The van der Waals surface area contributed by atoms with Gasteiger partial charge in [0.15, 0.2) is 0 Å². The number of allylic oxidation sites excluding steroid dienone is 2. The molecular formula is C23H26. The molecular weight excluding hydrogens is 276 g/mol. The van der Waals surface area contributed by atoms with E-state index in [0.717, 1.165) is 59.2 Å². The van der Waals surface area contributed by atoms with Crippen molar-refractivity contribution in [2.24, 2.45) is 53.3 Å². The highest BCUT2D eigenvalue weighted by atomic mass is 14.7. The van der Waals surface area contributed by atoms with Crippen molar-refractivity contribution in [2.45, 2.75) is 38.0 Å². The Hall–Kier alpha value is -1.04. The molecule has 0 spiro atoms. The quantitative estimate of drug-likeness (QED) is 0.620. The maximum Gasteiger partial charge on any atom is -0.0125 e. The molecule has 6 aliphatic rings. The summed E-state index contributed by atoms with van der Waals surface area (Å²) in [6.07, 6.45) is 10.6. The van der Waals surface area contributed by atoms with E-state index >= 15 is 0 Å². The highest BCUT2D eigenvalue weighted by Crippen LogP contribution is 2.75. The van der Waals surface area contributed by atoms with Crippen LogP contribution < -0.4 is 0 Å². The van der Waals surface area contributed by atoms with Crippen LogP contribution in [0.4, 0.5) is 0 Å². The minimum Gasteiger partial charge on any atom is -0.0813 e. The zero-order valence-corrected chi connectivity index (χ0v) is 13.8. The van der Waals surface area contributed by atoms with Crippen molar-refractivity contribution in [1.82, 2.24) is 0 Å². The van der Waals surface area contributed by atoms with Crippen molar-refractivity contribution < 1.29 is 0 Å². The maximum absolute atomic E-state index is 2.80. The Kier molecular flexibility index (Phi) is 2.12. The van der Waals surface area contributed by atoms with Crippen LogP contribution in [0.2, 0.25) is 0 Å².